The highest BCUT2D eigenvalue weighted by Gasteiger charge is 2.22. The van der Waals surface area contributed by atoms with Gasteiger partial charge in [-0.2, -0.15) is 0 Å². The Hall–Kier alpha value is -5.65. The number of nitrogens with zero attached hydrogens (tertiary/aromatic N) is 5. The van der Waals surface area contributed by atoms with E-state index >= 15 is 0 Å². The molecule has 1 amide bonds. The number of hydrogen-bond donors (Lipinski definition) is 3. The number of nitrogens with one attached hydrogen (secondary N) is 2. The minimum atomic E-state index is -1.05. The lowest BCUT2D eigenvalue weighted by molar-refractivity contribution is 0.0686. The lowest BCUT2D eigenvalue weighted by Crippen LogP contribution is -2.33. The number of anilines is 4. The quantitative estimate of drug-likeness (QED) is 0.168. The van der Waals surface area contributed by atoms with Crippen molar-refractivity contribution < 1.29 is 23.8 Å². The van der Waals surface area contributed by atoms with Gasteiger partial charge in [-0.05, 0) is 54.7 Å². The van der Waals surface area contributed by atoms with Gasteiger partial charge in [-0.25, -0.2) is 24.5 Å². The number of carboxylic acid groups (broad SMARTS) is 1. The summed E-state index contributed by atoms with van der Waals surface area (Å²) in [5.74, 6) is 0.339. The van der Waals surface area contributed by atoms with Gasteiger partial charge >= 0.3 is 12.1 Å². The van der Waals surface area contributed by atoms with Crippen molar-refractivity contribution >= 4 is 35.1 Å². The van der Waals surface area contributed by atoms with E-state index in [9.17, 15) is 14.7 Å². The van der Waals surface area contributed by atoms with Crippen molar-refractivity contribution in [3.63, 3.8) is 0 Å². The molecule has 0 atom stereocenters. The molecule has 3 aromatic heterocycles. The Balaban J connectivity index is 1.30. The fourth-order valence-electron chi connectivity index (χ4n) is 5.35. The molecule has 2 aromatic carbocycles. The molecule has 0 aliphatic carbocycles. The molecule has 230 valence electrons. The van der Waals surface area contributed by atoms with E-state index < -0.39 is 12.1 Å². The second kappa shape index (κ2) is 12.9. The maximum atomic E-state index is 12.6. The average molecular weight is 608 g/mol. The van der Waals surface area contributed by atoms with Crippen molar-refractivity contribution in [2.75, 3.05) is 28.6 Å². The summed E-state index contributed by atoms with van der Waals surface area (Å²) in [4.78, 5) is 40.1. The predicted octanol–water partition coefficient (Wildman–Crippen LogP) is 6.56. The van der Waals surface area contributed by atoms with Gasteiger partial charge in [0.2, 0.25) is 5.95 Å². The third-order valence-corrected chi connectivity index (χ3v) is 7.90. The van der Waals surface area contributed by atoms with Crippen LogP contribution in [0.5, 0.6) is 0 Å². The van der Waals surface area contributed by atoms with Gasteiger partial charge in [0.15, 0.2) is 12.2 Å². The molecule has 0 bridgehead atoms. The van der Waals surface area contributed by atoms with Gasteiger partial charge in [0.1, 0.15) is 18.0 Å². The molecule has 1 aliphatic rings. The first-order valence-corrected chi connectivity index (χ1v) is 14.6. The fraction of sp³-hybridized carbons (Fsp3) is 0.242. The summed E-state index contributed by atoms with van der Waals surface area (Å²) in [6.07, 6.45) is 6.04. The van der Waals surface area contributed by atoms with E-state index in [1.54, 1.807) is 36.1 Å². The normalized spacial score (nSPS) is 13.4. The third-order valence-electron chi connectivity index (χ3n) is 7.90. The standard InChI is InChI=1S/C33H33N7O5/c1-21-12-14-40(15-13-21)28-16-23(36-33(43)44-19-22-6-4-3-5-7-22)8-9-25(28)37-32-35-17-24(29-18-34-20-45-29)30(38-32)26-10-11-27(31(41)42)39(26)2/h3-11,16-18,20-21H,12-15,19H2,1-2H3,(H,36,43)(H,41,42)(H,35,37,38). The van der Waals surface area contributed by atoms with Crippen molar-refractivity contribution in [2.24, 2.45) is 13.0 Å². The number of hydrogen-bond acceptors (Lipinski definition) is 9. The summed E-state index contributed by atoms with van der Waals surface area (Å²) in [6, 6.07) is 18.3. The summed E-state index contributed by atoms with van der Waals surface area (Å²) in [7, 11) is 1.67. The van der Waals surface area contributed by atoms with E-state index in [4.69, 9.17) is 14.1 Å². The van der Waals surface area contributed by atoms with Crippen LogP contribution in [-0.4, -0.2) is 49.8 Å². The van der Waals surface area contributed by atoms with Gasteiger partial charge in [0, 0.05) is 32.0 Å². The van der Waals surface area contributed by atoms with Crippen molar-refractivity contribution in [3.8, 4) is 22.7 Å². The van der Waals surface area contributed by atoms with E-state index in [1.807, 2.05) is 42.5 Å². The molecular formula is C33H33N7O5. The van der Waals surface area contributed by atoms with Crippen LogP contribution in [0.2, 0.25) is 0 Å². The highest BCUT2D eigenvalue weighted by atomic mass is 16.5. The maximum absolute atomic E-state index is 12.6. The second-order valence-electron chi connectivity index (χ2n) is 11.0. The molecule has 6 rings (SSSR count). The Morgan fingerprint density at radius 3 is 2.58 bits per heavy atom. The molecule has 4 heterocycles. The van der Waals surface area contributed by atoms with Crippen LogP contribution in [0.15, 0.2) is 83.9 Å². The maximum Gasteiger partial charge on any atom is 0.411 e. The van der Waals surface area contributed by atoms with Crippen molar-refractivity contribution in [3.05, 3.63) is 90.7 Å². The van der Waals surface area contributed by atoms with Crippen LogP contribution in [0.4, 0.5) is 27.8 Å². The highest BCUT2D eigenvalue weighted by Crippen LogP contribution is 2.36. The summed E-state index contributed by atoms with van der Waals surface area (Å²) < 4.78 is 12.5. The second-order valence-corrected chi connectivity index (χ2v) is 11.0. The number of amides is 1. The number of carboxylic acids is 1. The first-order valence-electron chi connectivity index (χ1n) is 14.6. The zero-order valence-electron chi connectivity index (χ0n) is 24.9. The molecule has 3 N–H and O–H groups in total. The number of oxazole rings is 1. The van der Waals surface area contributed by atoms with E-state index in [0.717, 1.165) is 42.9 Å². The van der Waals surface area contributed by atoms with Gasteiger partial charge in [0.25, 0.3) is 0 Å². The van der Waals surface area contributed by atoms with Gasteiger partial charge in [-0.15, -0.1) is 0 Å². The molecule has 12 heteroatoms. The number of carbonyl (C=O) groups excluding carboxylic acids is 1. The van der Waals surface area contributed by atoms with Crippen LogP contribution in [0.1, 0.15) is 35.8 Å². The Morgan fingerprint density at radius 2 is 1.87 bits per heavy atom. The Kier molecular flexibility index (Phi) is 8.45. The fourth-order valence-corrected chi connectivity index (χ4v) is 5.35. The number of piperidine rings is 1. The van der Waals surface area contributed by atoms with Crippen LogP contribution in [0.3, 0.4) is 0 Å². The van der Waals surface area contributed by atoms with Crippen LogP contribution >= 0.6 is 0 Å². The number of carbonyl (C=O) groups is 2. The van der Waals surface area contributed by atoms with Crippen LogP contribution in [-0.2, 0) is 18.4 Å². The summed E-state index contributed by atoms with van der Waals surface area (Å²) in [5, 5.41) is 15.8. The van der Waals surface area contributed by atoms with Crippen LogP contribution < -0.4 is 15.5 Å². The molecule has 1 fully saturated rings. The van der Waals surface area contributed by atoms with E-state index in [1.165, 1.54) is 12.5 Å². The van der Waals surface area contributed by atoms with Gasteiger partial charge in [-0.3, -0.25) is 5.32 Å². The summed E-state index contributed by atoms with van der Waals surface area (Å²) in [5.41, 5.74) is 4.88. The molecule has 0 radical (unpaired) electrons. The summed E-state index contributed by atoms with van der Waals surface area (Å²) >= 11 is 0. The van der Waals surface area contributed by atoms with Crippen LogP contribution in [0.25, 0.3) is 22.7 Å². The van der Waals surface area contributed by atoms with E-state index in [0.29, 0.717) is 40.3 Å². The minimum absolute atomic E-state index is 0.119. The Morgan fingerprint density at radius 1 is 1.07 bits per heavy atom. The third kappa shape index (κ3) is 6.64. The monoisotopic (exact) mass is 607 g/mol. The Labute approximate surface area is 259 Å². The predicted molar refractivity (Wildman–Crippen MR) is 169 cm³/mol. The van der Waals surface area contributed by atoms with Crippen LogP contribution in [0, 0.1) is 5.92 Å². The average Bonchev–Trinajstić information content (AvgIpc) is 3.72. The molecular weight excluding hydrogens is 574 g/mol. The summed E-state index contributed by atoms with van der Waals surface area (Å²) in [6.45, 7) is 4.13. The molecule has 1 aliphatic heterocycles. The highest BCUT2D eigenvalue weighted by molar-refractivity contribution is 5.89. The van der Waals surface area contributed by atoms with Crippen molar-refractivity contribution in [2.45, 2.75) is 26.4 Å². The zero-order valence-corrected chi connectivity index (χ0v) is 24.9. The van der Waals surface area contributed by atoms with Crippen molar-refractivity contribution in [1.82, 2.24) is 19.5 Å². The van der Waals surface area contributed by atoms with Gasteiger partial charge in [-0.1, -0.05) is 37.3 Å². The Bertz CT molecular complexity index is 1800. The molecule has 12 nitrogen and oxygen atoms in total. The lowest BCUT2D eigenvalue weighted by atomic mass is 9.98. The largest absolute Gasteiger partial charge is 0.477 e. The topological polar surface area (TPSA) is 148 Å². The van der Waals surface area contributed by atoms with Gasteiger partial charge in [0.05, 0.1) is 28.8 Å². The van der Waals surface area contributed by atoms with E-state index in [2.05, 4.69) is 32.4 Å². The zero-order chi connectivity index (χ0) is 31.3. The number of rotatable bonds is 9. The number of aromatic nitrogens is 4. The molecule has 1 saturated heterocycles. The number of ether oxygens (including phenoxy) is 1. The molecule has 0 saturated carbocycles. The molecule has 0 spiro atoms. The van der Waals surface area contributed by atoms with E-state index in [-0.39, 0.29) is 12.3 Å². The van der Waals surface area contributed by atoms with Crippen molar-refractivity contribution in [1.29, 1.82) is 0 Å². The molecule has 5 aromatic rings. The number of aromatic carboxylic acids is 1. The lowest BCUT2D eigenvalue weighted by Gasteiger charge is -2.33. The molecule has 0 unspecified atom stereocenters. The smallest absolute Gasteiger partial charge is 0.411 e. The number of benzene rings is 2. The first-order chi connectivity index (χ1) is 21.9. The minimum Gasteiger partial charge on any atom is -0.477 e. The SMILES string of the molecule is CC1CCN(c2cc(NC(=O)OCc3ccccc3)ccc2Nc2ncc(-c3cnco3)c(-c3ccc(C(=O)O)n3C)n2)CC1. The van der Waals surface area contributed by atoms with Gasteiger partial charge < -0.3 is 29.0 Å². The molecule has 45 heavy (non-hydrogen) atoms. The first kappa shape index (κ1) is 29.4.